The minimum atomic E-state index is -2.06. The molecule has 0 unspecified atom stereocenters. The summed E-state index contributed by atoms with van der Waals surface area (Å²) in [6, 6.07) is 49.0. The maximum absolute atomic E-state index is 2.44. The molecule has 0 aliphatic carbocycles. The topological polar surface area (TPSA) is 0 Å². The lowest BCUT2D eigenvalue weighted by atomic mass is 10.3. The summed E-state index contributed by atoms with van der Waals surface area (Å²) in [6.45, 7) is 0. The van der Waals surface area contributed by atoms with Crippen LogP contribution < -0.4 is 20.7 Å². The van der Waals surface area contributed by atoms with Gasteiger partial charge in [0.25, 0.3) is 0 Å². The average molecular weight is 421 g/mol. The van der Waals surface area contributed by atoms with Crippen LogP contribution in [0.3, 0.4) is 0 Å². The summed E-state index contributed by atoms with van der Waals surface area (Å²) >= 11 is 0. The largest absolute Gasteiger partial charge is 0.121 e. The van der Waals surface area contributed by atoms with E-state index in [4.69, 9.17) is 0 Å². The van der Waals surface area contributed by atoms with E-state index in [1.807, 2.05) is 0 Å². The Morgan fingerprint density at radius 2 is 0.567 bits per heavy atom. The fourth-order valence-corrected chi connectivity index (χ4v) is 26.8. The van der Waals surface area contributed by atoms with Crippen LogP contribution in [-0.2, 0) is 0 Å². The summed E-state index contributed by atoms with van der Waals surface area (Å²) in [5.41, 5.74) is 0. The van der Waals surface area contributed by atoms with Gasteiger partial charge in [0.2, 0.25) is 0 Å². The third-order valence-electron chi connectivity index (χ3n) is 7.15. The third-order valence-corrected chi connectivity index (χ3v) is 25.4. The van der Waals surface area contributed by atoms with Gasteiger partial charge in [0.05, 0.1) is 0 Å². The Bertz CT molecular complexity index is 907. The van der Waals surface area contributed by atoms with Crippen molar-refractivity contribution in [1.82, 2.24) is 0 Å². The molecule has 0 atom stereocenters. The first kappa shape index (κ1) is 19.3. The summed E-state index contributed by atoms with van der Waals surface area (Å²) in [5, 5.41) is 6.48. The smallest absolute Gasteiger partial charge is 0.0628 e. The van der Waals surface area contributed by atoms with E-state index in [2.05, 4.69) is 121 Å². The van der Waals surface area contributed by atoms with Gasteiger partial charge >= 0.3 is 0 Å². The van der Waals surface area contributed by atoms with E-state index in [1.165, 1.54) is 24.9 Å². The van der Waals surface area contributed by atoms with Crippen molar-refractivity contribution in [2.45, 2.75) is 24.9 Å². The lowest BCUT2D eigenvalue weighted by Crippen LogP contribution is -2.86. The zero-order chi connectivity index (χ0) is 20.3. The van der Waals surface area contributed by atoms with Crippen molar-refractivity contribution >= 4 is 35.9 Å². The predicted molar refractivity (Wildman–Crippen MR) is 135 cm³/mol. The second kappa shape index (κ2) is 8.21. The van der Waals surface area contributed by atoms with Gasteiger partial charge in [-0.2, -0.15) is 0 Å². The molecule has 4 aromatic rings. The second-order valence-corrected chi connectivity index (χ2v) is 20.5. The van der Waals surface area contributed by atoms with Crippen molar-refractivity contribution in [3.8, 4) is 0 Å². The van der Waals surface area contributed by atoms with E-state index in [0.717, 1.165) is 0 Å². The van der Waals surface area contributed by atoms with Crippen LogP contribution in [0.25, 0.3) is 0 Å². The first-order valence-corrected chi connectivity index (χ1v) is 16.5. The Morgan fingerprint density at radius 1 is 0.333 bits per heavy atom. The highest BCUT2D eigenvalue weighted by Crippen LogP contribution is 2.35. The third kappa shape index (κ3) is 2.94. The number of rotatable bonds is 4. The molecule has 0 radical (unpaired) electrons. The number of hydrogen-bond acceptors (Lipinski definition) is 0. The summed E-state index contributed by atoms with van der Waals surface area (Å²) < 4.78 is 0. The van der Waals surface area contributed by atoms with E-state index >= 15 is 0 Å². The molecule has 148 valence electrons. The van der Waals surface area contributed by atoms with Crippen LogP contribution >= 0.6 is 0 Å². The molecule has 4 aromatic carbocycles. The van der Waals surface area contributed by atoms with Gasteiger partial charge in [-0.25, -0.2) is 0 Å². The molecule has 0 aromatic heterocycles. The maximum Gasteiger partial charge on any atom is 0.121 e. The SMILES string of the molecule is c1ccc([Si]2(c3ccccc3)CCCC[Si]2(c2ccccc2)c2ccccc2)cc1. The number of hydrogen-bond donors (Lipinski definition) is 0. The molecule has 1 aliphatic rings. The minimum absolute atomic E-state index is 1.34. The molecule has 0 spiro atoms. The van der Waals surface area contributed by atoms with Crippen molar-refractivity contribution < 1.29 is 0 Å². The fraction of sp³-hybridized carbons (Fsp3) is 0.143. The normalized spacial score (nSPS) is 17.3. The predicted octanol–water partition coefficient (Wildman–Crippen LogP) is 4.39. The van der Waals surface area contributed by atoms with E-state index < -0.39 is 15.2 Å². The first-order chi connectivity index (χ1) is 14.9. The van der Waals surface area contributed by atoms with Crippen LogP contribution in [0.4, 0.5) is 0 Å². The Hall–Kier alpha value is -2.69. The Morgan fingerprint density at radius 3 is 0.800 bits per heavy atom. The van der Waals surface area contributed by atoms with Crippen molar-refractivity contribution in [2.24, 2.45) is 0 Å². The molecular weight excluding hydrogens is 392 g/mol. The van der Waals surface area contributed by atoms with E-state index in [9.17, 15) is 0 Å². The molecular formula is C28H28Si2. The summed E-state index contributed by atoms with van der Waals surface area (Å²) in [5.74, 6) is 0. The van der Waals surface area contributed by atoms with E-state index in [0.29, 0.717) is 0 Å². The average Bonchev–Trinajstić information content (AvgIpc) is 2.86. The van der Waals surface area contributed by atoms with Gasteiger partial charge in [0.1, 0.15) is 15.2 Å². The highest BCUT2D eigenvalue weighted by Gasteiger charge is 2.59. The van der Waals surface area contributed by atoms with E-state index in [-0.39, 0.29) is 0 Å². The molecule has 0 amide bonds. The Kier molecular flexibility index (Phi) is 5.28. The molecule has 1 heterocycles. The first-order valence-electron chi connectivity index (χ1n) is 11.1. The van der Waals surface area contributed by atoms with Gasteiger partial charge in [-0.15, -0.1) is 0 Å². The molecule has 2 heteroatoms. The van der Waals surface area contributed by atoms with Crippen molar-refractivity contribution in [3.63, 3.8) is 0 Å². The van der Waals surface area contributed by atoms with Gasteiger partial charge < -0.3 is 0 Å². The van der Waals surface area contributed by atoms with Crippen LogP contribution in [0.5, 0.6) is 0 Å². The molecule has 1 saturated heterocycles. The van der Waals surface area contributed by atoms with Crippen LogP contribution in [0, 0.1) is 0 Å². The standard InChI is InChI=1S/C28H28Si2/c1-5-15-25(16-6-1)29(26-17-7-2-8-18-26)23-13-14-24-30(29,27-19-9-3-10-20-27)28-21-11-4-12-22-28/h1-12,15-22H,13-14,23-24H2. The molecule has 5 rings (SSSR count). The van der Waals surface area contributed by atoms with Gasteiger partial charge in [0.15, 0.2) is 0 Å². The molecule has 0 saturated carbocycles. The maximum atomic E-state index is 2.44. The summed E-state index contributed by atoms with van der Waals surface area (Å²) in [7, 11) is -4.11. The Balaban J connectivity index is 1.92. The van der Waals surface area contributed by atoms with Crippen molar-refractivity contribution in [3.05, 3.63) is 121 Å². The van der Waals surface area contributed by atoms with Crippen molar-refractivity contribution in [2.75, 3.05) is 0 Å². The van der Waals surface area contributed by atoms with Gasteiger partial charge in [-0.05, 0) is 0 Å². The lowest BCUT2D eigenvalue weighted by Gasteiger charge is -2.52. The lowest BCUT2D eigenvalue weighted by molar-refractivity contribution is 0.848. The van der Waals surface area contributed by atoms with Gasteiger partial charge in [-0.1, -0.05) is 167 Å². The second-order valence-electron chi connectivity index (χ2n) is 8.48. The highest BCUT2D eigenvalue weighted by molar-refractivity contribution is 7.59. The summed E-state index contributed by atoms with van der Waals surface area (Å²) in [4.78, 5) is 0. The quantitative estimate of drug-likeness (QED) is 0.430. The van der Waals surface area contributed by atoms with Gasteiger partial charge in [0, 0.05) is 0 Å². The molecule has 0 nitrogen and oxygen atoms in total. The zero-order valence-electron chi connectivity index (χ0n) is 17.4. The van der Waals surface area contributed by atoms with Gasteiger partial charge in [-0.3, -0.25) is 0 Å². The fourth-order valence-electron chi connectivity index (χ4n) is 5.99. The van der Waals surface area contributed by atoms with Crippen molar-refractivity contribution in [1.29, 1.82) is 0 Å². The minimum Gasteiger partial charge on any atom is -0.0628 e. The zero-order valence-corrected chi connectivity index (χ0v) is 19.4. The molecule has 0 N–H and O–H groups in total. The Labute approximate surface area is 182 Å². The van der Waals surface area contributed by atoms with E-state index in [1.54, 1.807) is 20.7 Å². The highest BCUT2D eigenvalue weighted by atomic mass is 29.3. The molecule has 1 fully saturated rings. The van der Waals surface area contributed by atoms with Crippen LogP contribution in [-0.4, -0.2) is 15.2 Å². The monoisotopic (exact) mass is 420 g/mol. The molecule has 0 bridgehead atoms. The van der Waals surface area contributed by atoms with Crippen LogP contribution in [0.2, 0.25) is 12.1 Å². The van der Waals surface area contributed by atoms with Crippen LogP contribution in [0.15, 0.2) is 121 Å². The molecule has 1 aliphatic heterocycles. The van der Waals surface area contributed by atoms with Crippen LogP contribution in [0.1, 0.15) is 12.8 Å². The molecule has 30 heavy (non-hydrogen) atoms. The number of benzene rings is 4. The summed E-state index contributed by atoms with van der Waals surface area (Å²) in [6.07, 6.45) is 2.68.